The summed E-state index contributed by atoms with van der Waals surface area (Å²) < 4.78 is 24.2. The lowest BCUT2D eigenvalue weighted by molar-refractivity contribution is -0.133. The molecule has 4 saturated carbocycles. The van der Waals surface area contributed by atoms with E-state index in [1.165, 1.54) is 38.4 Å². The van der Waals surface area contributed by atoms with Crippen molar-refractivity contribution in [2.24, 2.45) is 40.4 Å². The Morgan fingerprint density at radius 3 is 2.19 bits per heavy atom. The van der Waals surface area contributed by atoms with Crippen molar-refractivity contribution in [3.05, 3.63) is 0 Å². The van der Waals surface area contributed by atoms with E-state index >= 15 is 0 Å². The van der Waals surface area contributed by atoms with Gasteiger partial charge in [-0.1, -0.05) is 13.8 Å². The molecule has 4 heteroatoms. The van der Waals surface area contributed by atoms with Crippen LogP contribution in [0.25, 0.3) is 0 Å². The van der Waals surface area contributed by atoms with Crippen molar-refractivity contribution >= 4 is 15.6 Å². The summed E-state index contributed by atoms with van der Waals surface area (Å²) in [6.07, 6.45) is 11.5. The van der Waals surface area contributed by atoms with Gasteiger partial charge >= 0.3 is 0 Å². The summed E-state index contributed by atoms with van der Waals surface area (Å²) in [6.45, 7) is 6.68. The maximum atomic E-state index is 12.2. The average Bonchev–Trinajstić information content (AvgIpc) is 2.90. The Bertz CT molecular complexity index is 698. The molecule has 0 aromatic heterocycles. The summed E-state index contributed by atoms with van der Waals surface area (Å²) in [4.78, 5) is 12.2. The predicted molar refractivity (Wildman–Crippen MR) is 105 cm³/mol. The number of hydrogen-bond acceptors (Lipinski definition) is 3. The number of ketones is 1. The fourth-order valence-electron chi connectivity index (χ4n) is 8.28. The molecule has 0 aromatic rings. The van der Waals surface area contributed by atoms with Crippen LogP contribution in [0.2, 0.25) is 0 Å². The summed E-state index contributed by atoms with van der Waals surface area (Å²) in [5, 5.41) is -0.112. The summed E-state index contributed by atoms with van der Waals surface area (Å²) in [5.41, 5.74) is 0.542. The van der Waals surface area contributed by atoms with E-state index in [9.17, 15) is 13.2 Å². The largest absolute Gasteiger partial charge is 0.300 e. The Labute approximate surface area is 159 Å². The van der Waals surface area contributed by atoms with Gasteiger partial charge in [0.1, 0.15) is 15.6 Å². The molecule has 4 aliphatic rings. The Morgan fingerprint density at radius 2 is 1.54 bits per heavy atom. The third kappa shape index (κ3) is 2.64. The number of fused-ring (bicyclic) bond motifs is 5. The fraction of sp³-hybridized carbons (Fsp3) is 0.955. The van der Waals surface area contributed by atoms with E-state index in [4.69, 9.17) is 0 Å². The summed E-state index contributed by atoms with van der Waals surface area (Å²) >= 11 is 0. The van der Waals surface area contributed by atoms with Gasteiger partial charge < -0.3 is 0 Å². The molecular formula is C22H36O3S. The van der Waals surface area contributed by atoms with Crippen LogP contribution in [0.15, 0.2) is 0 Å². The first-order chi connectivity index (χ1) is 12.1. The van der Waals surface area contributed by atoms with Gasteiger partial charge in [-0.15, -0.1) is 0 Å². The number of sulfone groups is 1. The molecule has 26 heavy (non-hydrogen) atoms. The van der Waals surface area contributed by atoms with E-state index in [1.807, 2.05) is 0 Å². The van der Waals surface area contributed by atoms with E-state index in [1.54, 1.807) is 6.92 Å². The summed E-state index contributed by atoms with van der Waals surface area (Å²) in [6, 6.07) is 0. The molecule has 4 aliphatic carbocycles. The molecule has 0 N–H and O–H groups in total. The van der Waals surface area contributed by atoms with Gasteiger partial charge in [0.15, 0.2) is 0 Å². The molecule has 0 aromatic carbocycles. The number of carbonyl (C=O) groups is 1. The van der Waals surface area contributed by atoms with Gasteiger partial charge in [0.2, 0.25) is 0 Å². The topological polar surface area (TPSA) is 51.2 Å². The summed E-state index contributed by atoms with van der Waals surface area (Å²) in [7, 11) is -2.91. The van der Waals surface area contributed by atoms with Crippen molar-refractivity contribution in [3.63, 3.8) is 0 Å². The second-order valence-electron chi connectivity index (χ2n) is 10.7. The molecule has 0 bridgehead atoms. The Kier molecular flexibility index (Phi) is 4.42. The zero-order chi connectivity index (χ0) is 18.9. The van der Waals surface area contributed by atoms with E-state index in [0.29, 0.717) is 23.0 Å². The van der Waals surface area contributed by atoms with Gasteiger partial charge in [-0.05, 0) is 99.2 Å². The maximum Gasteiger partial charge on any atom is 0.150 e. The minimum Gasteiger partial charge on any atom is -0.300 e. The van der Waals surface area contributed by atoms with E-state index in [-0.39, 0.29) is 16.6 Å². The average molecular weight is 381 g/mol. The third-order valence-corrected chi connectivity index (χ3v) is 11.4. The van der Waals surface area contributed by atoms with Crippen LogP contribution in [-0.2, 0) is 14.6 Å². The second kappa shape index (κ2) is 6.06. The molecule has 4 fully saturated rings. The van der Waals surface area contributed by atoms with Gasteiger partial charge in [0, 0.05) is 12.2 Å². The first kappa shape index (κ1) is 19.0. The Hall–Kier alpha value is -0.380. The lowest BCUT2D eigenvalue weighted by Gasteiger charge is -2.61. The smallest absolute Gasteiger partial charge is 0.150 e. The molecule has 0 radical (unpaired) electrons. The third-order valence-electron chi connectivity index (χ3n) is 9.71. The SMILES string of the molecule is CC(=O)[C@H]1CC[C@H]2[C@@H]3CC[C@H]4CC(S(C)(=O)=O)CC[C@]4(C)[C@H]3CC[C@]12C. The van der Waals surface area contributed by atoms with Crippen LogP contribution < -0.4 is 0 Å². The van der Waals surface area contributed by atoms with Crippen LogP contribution in [0.3, 0.4) is 0 Å². The molecule has 0 aliphatic heterocycles. The predicted octanol–water partition coefficient (Wildman–Crippen LogP) is 4.65. The highest BCUT2D eigenvalue weighted by molar-refractivity contribution is 7.91. The molecular weight excluding hydrogens is 344 g/mol. The number of hydrogen-bond donors (Lipinski definition) is 0. The first-order valence-electron chi connectivity index (χ1n) is 10.8. The van der Waals surface area contributed by atoms with Crippen molar-refractivity contribution in [1.82, 2.24) is 0 Å². The van der Waals surface area contributed by atoms with Crippen LogP contribution in [0.1, 0.15) is 78.6 Å². The number of rotatable bonds is 2. The van der Waals surface area contributed by atoms with Crippen molar-refractivity contribution in [1.29, 1.82) is 0 Å². The molecule has 0 spiro atoms. The molecule has 4 rings (SSSR count). The molecule has 1 unspecified atom stereocenters. The zero-order valence-electron chi connectivity index (χ0n) is 17.0. The molecule has 8 atom stereocenters. The highest BCUT2D eigenvalue weighted by atomic mass is 32.2. The van der Waals surface area contributed by atoms with Crippen molar-refractivity contribution in [2.45, 2.75) is 83.8 Å². The van der Waals surface area contributed by atoms with Crippen molar-refractivity contribution < 1.29 is 13.2 Å². The van der Waals surface area contributed by atoms with Crippen LogP contribution >= 0.6 is 0 Å². The first-order valence-corrected chi connectivity index (χ1v) is 12.7. The monoisotopic (exact) mass is 380 g/mol. The normalized spacial score (nSPS) is 51.2. The highest BCUT2D eigenvalue weighted by Gasteiger charge is 2.61. The van der Waals surface area contributed by atoms with E-state index in [2.05, 4.69) is 13.8 Å². The molecule has 0 heterocycles. The van der Waals surface area contributed by atoms with Gasteiger partial charge in [-0.2, -0.15) is 0 Å². The number of carbonyl (C=O) groups excluding carboxylic acids is 1. The van der Waals surface area contributed by atoms with Crippen LogP contribution in [-0.4, -0.2) is 25.7 Å². The quantitative estimate of drug-likeness (QED) is 0.701. The van der Waals surface area contributed by atoms with E-state index < -0.39 is 9.84 Å². The maximum absolute atomic E-state index is 12.2. The molecule has 0 saturated heterocycles. The van der Waals surface area contributed by atoms with Crippen LogP contribution in [0.5, 0.6) is 0 Å². The standard InChI is InChI=1S/C22H36O3S/c1-14(23)18-7-8-19-17-6-5-15-13-16(26(4,24)25)9-11-21(15,2)20(17)10-12-22(18,19)3/h15-20H,5-13H2,1-4H3/t15-,16?,17-,18+,19-,20-,21-,22+/m0/s1. The second-order valence-corrected chi connectivity index (χ2v) is 13.0. The Balaban J connectivity index is 1.58. The highest BCUT2D eigenvalue weighted by Crippen LogP contribution is 2.67. The lowest BCUT2D eigenvalue weighted by atomic mass is 9.45. The van der Waals surface area contributed by atoms with E-state index in [0.717, 1.165) is 37.5 Å². The molecule has 148 valence electrons. The van der Waals surface area contributed by atoms with Crippen molar-refractivity contribution in [2.75, 3.05) is 6.26 Å². The van der Waals surface area contributed by atoms with Crippen LogP contribution in [0, 0.1) is 40.4 Å². The molecule has 3 nitrogen and oxygen atoms in total. The summed E-state index contributed by atoms with van der Waals surface area (Å²) in [5.74, 6) is 3.47. The van der Waals surface area contributed by atoms with Gasteiger partial charge in [0.05, 0.1) is 5.25 Å². The van der Waals surface area contributed by atoms with Crippen molar-refractivity contribution in [3.8, 4) is 0 Å². The van der Waals surface area contributed by atoms with Gasteiger partial charge in [0.25, 0.3) is 0 Å². The number of Topliss-reactive ketones (excluding diaryl/α,β-unsaturated/α-hetero) is 1. The lowest BCUT2D eigenvalue weighted by Crippen LogP contribution is -2.54. The van der Waals surface area contributed by atoms with Gasteiger partial charge in [-0.25, -0.2) is 8.42 Å². The molecule has 0 amide bonds. The minimum atomic E-state index is -2.91. The minimum absolute atomic E-state index is 0.112. The Morgan fingerprint density at radius 1 is 0.885 bits per heavy atom. The fourth-order valence-corrected chi connectivity index (χ4v) is 9.40. The zero-order valence-corrected chi connectivity index (χ0v) is 17.8. The van der Waals surface area contributed by atoms with Crippen LogP contribution in [0.4, 0.5) is 0 Å². The van der Waals surface area contributed by atoms with Gasteiger partial charge in [-0.3, -0.25) is 4.79 Å².